The summed E-state index contributed by atoms with van der Waals surface area (Å²) >= 11 is 0. The van der Waals surface area contributed by atoms with E-state index in [2.05, 4.69) is 14.8 Å². The standard InChI is InChI=1S/C21H25F3N2O6S/c1-4-13(3)19(27)20(28)25-14-9-10-18(17(12-14)31-5-2)33(29,30)26-15-7-6-8-16(11-15)32-21(22,23)24/h6-13,19,26-27H,4-5H2,1-3H3,(H,25,28)/t13?,19-/m0/s1. The van der Waals surface area contributed by atoms with Gasteiger partial charge in [0.1, 0.15) is 22.5 Å². The molecule has 0 saturated heterocycles. The molecule has 0 saturated carbocycles. The van der Waals surface area contributed by atoms with Gasteiger partial charge in [-0.3, -0.25) is 9.52 Å². The number of hydrogen-bond donors (Lipinski definition) is 3. The lowest BCUT2D eigenvalue weighted by molar-refractivity contribution is -0.274. The molecule has 0 fully saturated rings. The summed E-state index contributed by atoms with van der Waals surface area (Å²) in [6, 6.07) is 8.13. The van der Waals surface area contributed by atoms with E-state index in [4.69, 9.17) is 4.74 Å². The highest BCUT2D eigenvalue weighted by Crippen LogP contribution is 2.31. The summed E-state index contributed by atoms with van der Waals surface area (Å²) in [5.74, 6) is -1.62. The molecule has 2 aromatic carbocycles. The molecule has 2 aromatic rings. The summed E-state index contributed by atoms with van der Waals surface area (Å²) in [7, 11) is -4.28. The Morgan fingerprint density at radius 2 is 1.82 bits per heavy atom. The first-order valence-corrected chi connectivity index (χ1v) is 11.5. The van der Waals surface area contributed by atoms with Crippen LogP contribution in [0.25, 0.3) is 0 Å². The minimum Gasteiger partial charge on any atom is -0.492 e. The van der Waals surface area contributed by atoms with Crippen LogP contribution in [0.15, 0.2) is 47.4 Å². The molecule has 1 unspecified atom stereocenters. The first kappa shape index (κ1) is 26.3. The molecule has 182 valence electrons. The van der Waals surface area contributed by atoms with Crippen molar-refractivity contribution >= 4 is 27.3 Å². The number of sulfonamides is 1. The van der Waals surface area contributed by atoms with E-state index in [1.54, 1.807) is 13.8 Å². The lowest BCUT2D eigenvalue weighted by Gasteiger charge is -2.18. The first-order valence-electron chi connectivity index (χ1n) is 10.0. The second-order valence-electron chi connectivity index (χ2n) is 7.10. The largest absolute Gasteiger partial charge is 0.573 e. The highest BCUT2D eigenvalue weighted by Gasteiger charge is 2.31. The molecule has 0 aromatic heterocycles. The number of halogens is 3. The maximum absolute atomic E-state index is 12.9. The van der Waals surface area contributed by atoms with Gasteiger partial charge < -0.3 is 19.9 Å². The van der Waals surface area contributed by atoms with Crippen molar-refractivity contribution in [3.05, 3.63) is 42.5 Å². The van der Waals surface area contributed by atoms with Crippen molar-refractivity contribution in [3.63, 3.8) is 0 Å². The number of benzene rings is 2. The van der Waals surface area contributed by atoms with Gasteiger partial charge in [-0.2, -0.15) is 0 Å². The SMILES string of the molecule is CCOc1cc(NC(=O)[C@@H](O)C(C)CC)ccc1S(=O)(=O)Nc1cccc(OC(F)(F)F)c1. The zero-order valence-corrected chi connectivity index (χ0v) is 19.0. The van der Waals surface area contributed by atoms with Crippen LogP contribution in [0.4, 0.5) is 24.5 Å². The number of nitrogens with one attached hydrogen (secondary N) is 2. The normalized spacial score (nSPS) is 13.7. The molecule has 0 aliphatic rings. The summed E-state index contributed by atoms with van der Waals surface area (Å²) in [6.07, 6.45) is -5.60. The van der Waals surface area contributed by atoms with E-state index in [0.717, 1.165) is 12.1 Å². The minimum absolute atomic E-state index is 0.0940. The van der Waals surface area contributed by atoms with Crippen LogP contribution in [0.1, 0.15) is 27.2 Å². The Bertz CT molecular complexity index is 1080. The Hall–Kier alpha value is -2.99. The van der Waals surface area contributed by atoms with E-state index >= 15 is 0 Å². The zero-order valence-electron chi connectivity index (χ0n) is 18.1. The Kier molecular flexibility index (Phi) is 8.56. The van der Waals surface area contributed by atoms with Gasteiger partial charge in [0.2, 0.25) is 0 Å². The van der Waals surface area contributed by atoms with Gasteiger partial charge >= 0.3 is 6.36 Å². The second kappa shape index (κ2) is 10.8. The fourth-order valence-corrected chi connectivity index (χ4v) is 3.92. The van der Waals surface area contributed by atoms with Crippen molar-refractivity contribution in [1.29, 1.82) is 0 Å². The van der Waals surface area contributed by atoms with Crippen molar-refractivity contribution in [2.24, 2.45) is 5.92 Å². The fraction of sp³-hybridized carbons (Fsp3) is 0.381. The topological polar surface area (TPSA) is 114 Å². The maximum atomic E-state index is 12.9. The number of carbonyl (C=O) groups excluding carboxylic acids is 1. The summed E-state index contributed by atoms with van der Waals surface area (Å²) < 4.78 is 74.4. The Labute approximate surface area is 189 Å². The molecule has 0 heterocycles. The van der Waals surface area contributed by atoms with Gasteiger partial charge in [-0.25, -0.2) is 8.42 Å². The number of aliphatic hydroxyl groups excluding tert-OH is 1. The van der Waals surface area contributed by atoms with E-state index in [1.807, 2.05) is 6.92 Å². The number of aliphatic hydroxyl groups is 1. The van der Waals surface area contributed by atoms with E-state index in [1.165, 1.54) is 30.3 Å². The summed E-state index contributed by atoms with van der Waals surface area (Å²) in [5.41, 5.74) is 0.0404. The molecule has 33 heavy (non-hydrogen) atoms. The van der Waals surface area contributed by atoms with Crippen LogP contribution in [-0.4, -0.2) is 38.5 Å². The van der Waals surface area contributed by atoms with Crippen molar-refractivity contribution in [2.75, 3.05) is 16.6 Å². The monoisotopic (exact) mass is 490 g/mol. The number of alkyl halides is 3. The molecular formula is C21H25F3N2O6S. The Morgan fingerprint density at radius 3 is 2.42 bits per heavy atom. The minimum atomic E-state index is -4.93. The molecule has 0 spiro atoms. The van der Waals surface area contributed by atoms with Crippen LogP contribution >= 0.6 is 0 Å². The smallest absolute Gasteiger partial charge is 0.492 e. The lowest BCUT2D eigenvalue weighted by Crippen LogP contribution is -2.32. The van der Waals surface area contributed by atoms with E-state index in [-0.39, 0.29) is 34.5 Å². The fourth-order valence-electron chi connectivity index (χ4n) is 2.74. The van der Waals surface area contributed by atoms with E-state index < -0.39 is 34.1 Å². The third-order valence-corrected chi connectivity index (χ3v) is 5.99. The van der Waals surface area contributed by atoms with Crippen molar-refractivity contribution < 1.29 is 41.0 Å². The predicted octanol–water partition coefficient (Wildman–Crippen LogP) is 4.13. The molecule has 0 aliphatic carbocycles. The summed E-state index contributed by atoms with van der Waals surface area (Å²) in [5, 5.41) is 12.5. The highest BCUT2D eigenvalue weighted by atomic mass is 32.2. The zero-order chi connectivity index (χ0) is 24.8. The van der Waals surface area contributed by atoms with Gasteiger partial charge in [0.05, 0.1) is 12.3 Å². The van der Waals surface area contributed by atoms with Crippen LogP contribution in [0.2, 0.25) is 0 Å². The molecule has 0 radical (unpaired) electrons. The predicted molar refractivity (Wildman–Crippen MR) is 116 cm³/mol. The third kappa shape index (κ3) is 7.53. The van der Waals surface area contributed by atoms with Crippen LogP contribution in [-0.2, 0) is 14.8 Å². The molecule has 3 N–H and O–H groups in total. The van der Waals surface area contributed by atoms with E-state index in [9.17, 15) is 31.5 Å². The van der Waals surface area contributed by atoms with Crippen LogP contribution in [0.5, 0.6) is 11.5 Å². The highest BCUT2D eigenvalue weighted by molar-refractivity contribution is 7.92. The lowest BCUT2D eigenvalue weighted by atomic mass is 10.0. The van der Waals surface area contributed by atoms with E-state index in [0.29, 0.717) is 6.42 Å². The van der Waals surface area contributed by atoms with Gasteiger partial charge in [-0.15, -0.1) is 13.2 Å². The maximum Gasteiger partial charge on any atom is 0.573 e. The molecule has 0 aliphatic heterocycles. The first-order chi connectivity index (χ1) is 15.4. The van der Waals surface area contributed by atoms with Gasteiger partial charge in [-0.05, 0) is 37.1 Å². The Morgan fingerprint density at radius 1 is 1.12 bits per heavy atom. The molecule has 8 nitrogen and oxygen atoms in total. The van der Waals surface area contributed by atoms with Crippen molar-refractivity contribution in [2.45, 2.75) is 44.6 Å². The molecular weight excluding hydrogens is 465 g/mol. The van der Waals surface area contributed by atoms with Gasteiger partial charge in [0, 0.05) is 17.8 Å². The number of carbonyl (C=O) groups is 1. The number of anilines is 2. The number of ether oxygens (including phenoxy) is 2. The van der Waals surface area contributed by atoms with Gasteiger partial charge in [-0.1, -0.05) is 26.3 Å². The van der Waals surface area contributed by atoms with Gasteiger partial charge in [0.15, 0.2) is 0 Å². The summed E-state index contributed by atoms with van der Waals surface area (Å²) in [6.45, 7) is 5.27. The average molecular weight is 491 g/mol. The molecule has 0 bridgehead atoms. The second-order valence-corrected chi connectivity index (χ2v) is 8.75. The van der Waals surface area contributed by atoms with Crippen molar-refractivity contribution in [1.82, 2.24) is 0 Å². The van der Waals surface area contributed by atoms with Crippen LogP contribution in [0.3, 0.4) is 0 Å². The van der Waals surface area contributed by atoms with Crippen molar-refractivity contribution in [3.8, 4) is 11.5 Å². The Balaban J connectivity index is 2.29. The number of hydrogen-bond acceptors (Lipinski definition) is 6. The van der Waals surface area contributed by atoms with Gasteiger partial charge in [0.25, 0.3) is 15.9 Å². The number of amides is 1. The average Bonchev–Trinajstić information content (AvgIpc) is 2.71. The molecule has 2 rings (SSSR count). The summed E-state index contributed by atoms with van der Waals surface area (Å²) in [4.78, 5) is 11.9. The quantitative estimate of drug-likeness (QED) is 0.462. The van der Waals surface area contributed by atoms with Crippen LogP contribution < -0.4 is 19.5 Å². The van der Waals surface area contributed by atoms with Crippen LogP contribution in [0, 0.1) is 5.92 Å². The molecule has 1 amide bonds. The molecule has 2 atom stereocenters. The molecule has 12 heteroatoms. The third-order valence-electron chi connectivity index (χ3n) is 4.57. The number of rotatable bonds is 10.